The highest BCUT2D eigenvalue weighted by atomic mass is 35.5. The van der Waals surface area contributed by atoms with Gasteiger partial charge in [-0.1, -0.05) is 23.7 Å². The van der Waals surface area contributed by atoms with Gasteiger partial charge in [0.05, 0.1) is 10.6 Å². The molecule has 1 amide bonds. The number of halogens is 4. The smallest absolute Gasteiger partial charge is 0.337 e. The zero-order valence-corrected chi connectivity index (χ0v) is 17.7. The van der Waals surface area contributed by atoms with Crippen molar-refractivity contribution in [2.45, 2.75) is 30.5 Å². The van der Waals surface area contributed by atoms with Crippen molar-refractivity contribution in [3.8, 4) is 0 Å². The van der Waals surface area contributed by atoms with Crippen LogP contribution in [0.25, 0.3) is 0 Å². The Hall–Kier alpha value is -2.10. The third-order valence-corrected chi connectivity index (χ3v) is 7.29. The SMILES string of the molecule is CN(Cc1ccc(C(F)(F)F)cc1)C(=O)c1ccc(Cl)c(S(=O)(=O)N2CCCC2)c1. The lowest BCUT2D eigenvalue weighted by atomic mass is 10.1. The first-order valence-electron chi connectivity index (χ1n) is 9.21. The summed E-state index contributed by atoms with van der Waals surface area (Å²) in [7, 11) is -2.32. The molecule has 0 spiro atoms. The Morgan fingerprint density at radius 1 is 1.10 bits per heavy atom. The molecule has 3 rings (SSSR count). The van der Waals surface area contributed by atoms with Crippen molar-refractivity contribution < 1.29 is 26.4 Å². The quantitative estimate of drug-likeness (QED) is 0.664. The van der Waals surface area contributed by atoms with E-state index in [4.69, 9.17) is 11.6 Å². The molecule has 1 fully saturated rings. The molecule has 10 heteroatoms. The first-order valence-corrected chi connectivity index (χ1v) is 11.0. The van der Waals surface area contributed by atoms with Crippen molar-refractivity contribution in [3.05, 3.63) is 64.2 Å². The van der Waals surface area contributed by atoms with E-state index in [1.54, 1.807) is 0 Å². The summed E-state index contributed by atoms with van der Waals surface area (Å²) in [4.78, 5) is 14.0. The molecule has 162 valence electrons. The van der Waals surface area contributed by atoms with Crippen molar-refractivity contribution in [2.24, 2.45) is 0 Å². The Labute approximate surface area is 178 Å². The monoisotopic (exact) mass is 460 g/mol. The van der Waals surface area contributed by atoms with Crippen molar-refractivity contribution in [3.63, 3.8) is 0 Å². The van der Waals surface area contributed by atoms with Crippen LogP contribution in [0.1, 0.15) is 34.3 Å². The summed E-state index contributed by atoms with van der Waals surface area (Å²) in [5.41, 5.74) is -0.126. The number of rotatable bonds is 5. The molecule has 1 saturated heterocycles. The van der Waals surface area contributed by atoms with Gasteiger partial charge >= 0.3 is 6.18 Å². The summed E-state index contributed by atoms with van der Waals surface area (Å²) < 4.78 is 65.0. The number of benzene rings is 2. The molecule has 30 heavy (non-hydrogen) atoms. The first-order chi connectivity index (χ1) is 14.0. The number of carbonyl (C=O) groups is 1. The Bertz CT molecular complexity index is 1030. The summed E-state index contributed by atoms with van der Waals surface area (Å²) in [6.07, 6.45) is -2.89. The van der Waals surface area contributed by atoms with Gasteiger partial charge in [-0.05, 0) is 48.7 Å². The molecule has 0 N–H and O–H groups in total. The maximum absolute atomic E-state index is 12.8. The molecular weight excluding hydrogens is 441 g/mol. The van der Waals surface area contributed by atoms with Gasteiger partial charge in [-0.25, -0.2) is 8.42 Å². The van der Waals surface area contributed by atoms with Crippen LogP contribution in [0.5, 0.6) is 0 Å². The molecule has 1 aliphatic rings. The maximum Gasteiger partial charge on any atom is 0.416 e. The van der Waals surface area contributed by atoms with Crippen molar-refractivity contribution in [1.82, 2.24) is 9.21 Å². The second-order valence-corrected chi connectivity index (χ2v) is 9.43. The number of alkyl halides is 3. The van der Waals surface area contributed by atoms with E-state index in [2.05, 4.69) is 0 Å². The normalized spacial score (nSPS) is 15.4. The van der Waals surface area contributed by atoms with E-state index in [1.807, 2.05) is 0 Å². The predicted octanol–water partition coefficient (Wildman–Crippen LogP) is 4.42. The molecule has 0 bridgehead atoms. The standard InChI is InChI=1S/C20H20ClF3N2O3S/c1-25(13-14-4-7-16(8-5-14)20(22,23)24)19(27)15-6-9-17(21)18(12-15)30(28,29)26-10-2-3-11-26/h4-9,12H,2-3,10-11,13H2,1H3. The van der Waals surface area contributed by atoms with Crippen LogP contribution in [0.4, 0.5) is 13.2 Å². The number of amides is 1. The Morgan fingerprint density at radius 3 is 2.27 bits per heavy atom. The van der Waals surface area contributed by atoms with Gasteiger partial charge in [0.2, 0.25) is 10.0 Å². The van der Waals surface area contributed by atoms with Gasteiger partial charge in [0.15, 0.2) is 0 Å². The predicted molar refractivity (Wildman–Crippen MR) is 107 cm³/mol. The molecule has 0 unspecified atom stereocenters. The van der Waals surface area contributed by atoms with Crippen molar-refractivity contribution >= 4 is 27.5 Å². The van der Waals surface area contributed by atoms with Crippen LogP contribution in [-0.2, 0) is 22.7 Å². The van der Waals surface area contributed by atoms with Gasteiger partial charge in [-0.2, -0.15) is 17.5 Å². The van der Waals surface area contributed by atoms with Crippen LogP contribution in [0.3, 0.4) is 0 Å². The minimum absolute atomic E-state index is 0.0313. The lowest BCUT2D eigenvalue weighted by molar-refractivity contribution is -0.137. The lowest BCUT2D eigenvalue weighted by Crippen LogP contribution is -2.29. The zero-order valence-electron chi connectivity index (χ0n) is 16.1. The fourth-order valence-corrected chi connectivity index (χ4v) is 5.28. The van der Waals surface area contributed by atoms with Crippen LogP contribution < -0.4 is 0 Å². The van der Waals surface area contributed by atoms with Gasteiger partial charge in [-0.15, -0.1) is 0 Å². The Balaban J connectivity index is 1.79. The van der Waals surface area contributed by atoms with Crippen molar-refractivity contribution in [1.29, 1.82) is 0 Å². The molecule has 2 aromatic carbocycles. The molecule has 0 saturated carbocycles. The zero-order chi connectivity index (χ0) is 22.1. The second-order valence-electron chi connectivity index (χ2n) is 7.11. The van der Waals surface area contributed by atoms with E-state index in [9.17, 15) is 26.4 Å². The van der Waals surface area contributed by atoms with Gasteiger partial charge < -0.3 is 4.90 Å². The van der Waals surface area contributed by atoms with E-state index in [0.29, 0.717) is 18.7 Å². The molecule has 1 aliphatic heterocycles. The molecule has 5 nitrogen and oxygen atoms in total. The Morgan fingerprint density at radius 2 is 1.70 bits per heavy atom. The van der Waals surface area contributed by atoms with E-state index in [1.165, 1.54) is 46.6 Å². The van der Waals surface area contributed by atoms with E-state index in [-0.39, 0.29) is 22.0 Å². The van der Waals surface area contributed by atoms with Crippen LogP contribution in [0.15, 0.2) is 47.4 Å². The highest BCUT2D eigenvalue weighted by Gasteiger charge is 2.31. The van der Waals surface area contributed by atoms with E-state index in [0.717, 1.165) is 25.0 Å². The molecule has 0 radical (unpaired) electrons. The van der Waals surface area contributed by atoms with Gasteiger partial charge in [0.25, 0.3) is 5.91 Å². The number of hydrogen-bond acceptors (Lipinski definition) is 3. The number of carbonyl (C=O) groups excluding carboxylic acids is 1. The minimum atomic E-state index is -4.43. The maximum atomic E-state index is 12.8. The van der Waals surface area contributed by atoms with Crippen LogP contribution >= 0.6 is 11.6 Å². The lowest BCUT2D eigenvalue weighted by Gasteiger charge is -2.20. The third kappa shape index (κ3) is 4.79. The number of nitrogens with zero attached hydrogens (tertiary/aromatic N) is 2. The molecule has 0 atom stereocenters. The largest absolute Gasteiger partial charge is 0.416 e. The van der Waals surface area contributed by atoms with Gasteiger partial charge in [0.1, 0.15) is 4.90 Å². The molecular formula is C20H20ClF3N2O3S. The van der Waals surface area contributed by atoms with Gasteiger partial charge in [0, 0.05) is 32.2 Å². The summed E-state index contributed by atoms with van der Waals surface area (Å²) >= 11 is 6.10. The average molecular weight is 461 g/mol. The Kier molecular flexibility index (Phi) is 6.45. The van der Waals surface area contributed by atoms with Crippen LogP contribution in [0, 0.1) is 0 Å². The minimum Gasteiger partial charge on any atom is -0.337 e. The highest BCUT2D eigenvalue weighted by Crippen LogP contribution is 2.30. The average Bonchev–Trinajstić information content (AvgIpc) is 3.23. The van der Waals surface area contributed by atoms with Gasteiger partial charge in [-0.3, -0.25) is 4.79 Å². The molecule has 1 heterocycles. The topological polar surface area (TPSA) is 57.7 Å². The summed E-state index contributed by atoms with van der Waals surface area (Å²) in [5.74, 6) is -0.468. The highest BCUT2D eigenvalue weighted by molar-refractivity contribution is 7.89. The summed E-state index contributed by atoms with van der Waals surface area (Å²) in [5, 5.41) is 0.0313. The first kappa shape index (κ1) is 22.6. The van der Waals surface area contributed by atoms with Crippen LogP contribution in [-0.4, -0.2) is 43.7 Å². The third-order valence-electron chi connectivity index (χ3n) is 4.91. The summed E-state index contributed by atoms with van der Waals surface area (Å²) in [6.45, 7) is 0.878. The number of sulfonamides is 1. The second kappa shape index (κ2) is 8.56. The van der Waals surface area contributed by atoms with E-state index < -0.39 is 27.7 Å². The van der Waals surface area contributed by atoms with Crippen molar-refractivity contribution in [2.75, 3.05) is 20.1 Å². The number of hydrogen-bond donors (Lipinski definition) is 0. The van der Waals surface area contributed by atoms with E-state index >= 15 is 0 Å². The summed E-state index contributed by atoms with van der Waals surface area (Å²) in [6, 6.07) is 8.56. The fraction of sp³-hybridized carbons (Fsp3) is 0.350. The van der Waals surface area contributed by atoms with Crippen LogP contribution in [0.2, 0.25) is 5.02 Å². The molecule has 0 aromatic heterocycles. The molecule has 0 aliphatic carbocycles. The fourth-order valence-electron chi connectivity index (χ4n) is 3.27. The molecule has 2 aromatic rings.